The molecule has 1 aromatic heterocycles. The van der Waals surface area contributed by atoms with Crippen molar-refractivity contribution >= 4 is 5.91 Å². The number of rotatable bonds is 4. The Balaban J connectivity index is 1.91. The number of hydrogen-bond donors (Lipinski definition) is 1. The number of nitrogens with one attached hydrogen (secondary N) is 1. The summed E-state index contributed by atoms with van der Waals surface area (Å²) in [5.41, 5.74) is 0.986. The molecule has 0 radical (unpaired) electrons. The van der Waals surface area contributed by atoms with Crippen molar-refractivity contribution in [1.82, 2.24) is 14.9 Å². The van der Waals surface area contributed by atoms with Crippen molar-refractivity contribution in [2.75, 3.05) is 6.54 Å². The van der Waals surface area contributed by atoms with Gasteiger partial charge in [-0.3, -0.25) is 4.79 Å². The van der Waals surface area contributed by atoms with E-state index in [9.17, 15) is 4.79 Å². The number of nitriles is 1. The summed E-state index contributed by atoms with van der Waals surface area (Å²) in [4.78, 5) is 16.0. The average molecular weight is 254 g/mol. The van der Waals surface area contributed by atoms with Crippen molar-refractivity contribution in [3.63, 3.8) is 0 Å². The molecule has 5 heteroatoms. The highest BCUT2D eigenvalue weighted by molar-refractivity contribution is 5.94. The molecule has 0 fully saturated rings. The van der Waals surface area contributed by atoms with E-state index >= 15 is 0 Å². The predicted octanol–water partition coefficient (Wildman–Crippen LogP) is 1.49. The zero-order chi connectivity index (χ0) is 13.7. The topological polar surface area (TPSA) is 70.7 Å². The van der Waals surface area contributed by atoms with Crippen LogP contribution in [0, 0.1) is 18.3 Å². The number of nitrogens with zero attached hydrogens (tertiary/aromatic N) is 3. The maximum absolute atomic E-state index is 11.9. The van der Waals surface area contributed by atoms with Crippen molar-refractivity contribution in [3.05, 3.63) is 53.6 Å². The lowest BCUT2D eigenvalue weighted by molar-refractivity contribution is 0.0952. The Morgan fingerprint density at radius 1 is 1.53 bits per heavy atom. The third-order valence-corrected chi connectivity index (χ3v) is 2.82. The minimum Gasteiger partial charge on any atom is -0.350 e. The van der Waals surface area contributed by atoms with Crippen LogP contribution in [0.2, 0.25) is 0 Å². The van der Waals surface area contributed by atoms with Crippen LogP contribution in [0.3, 0.4) is 0 Å². The van der Waals surface area contributed by atoms with Crippen molar-refractivity contribution in [2.45, 2.75) is 13.5 Å². The lowest BCUT2D eigenvalue weighted by atomic mass is 10.1. The molecule has 0 aliphatic heterocycles. The van der Waals surface area contributed by atoms with Gasteiger partial charge < -0.3 is 9.88 Å². The van der Waals surface area contributed by atoms with Crippen LogP contribution in [0.15, 0.2) is 36.7 Å². The molecule has 1 aromatic carbocycles. The van der Waals surface area contributed by atoms with Gasteiger partial charge in [-0.15, -0.1) is 0 Å². The zero-order valence-corrected chi connectivity index (χ0v) is 10.6. The highest BCUT2D eigenvalue weighted by Gasteiger charge is 2.05. The Hall–Kier alpha value is -2.61. The molecule has 2 aromatic rings. The van der Waals surface area contributed by atoms with Gasteiger partial charge in [-0.2, -0.15) is 5.26 Å². The van der Waals surface area contributed by atoms with E-state index in [1.165, 1.54) is 0 Å². The van der Waals surface area contributed by atoms with E-state index in [0.29, 0.717) is 24.2 Å². The highest BCUT2D eigenvalue weighted by Crippen LogP contribution is 2.03. The molecule has 0 aliphatic carbocycles. The normalized spacial score (nSPS) is 9.89. The average Bonchev–Trinajstić information content (AvgIpc) is 2.84. The SMILES string of the molecule is Cc1nccn1CCNC(=O)c1cccc(C#N)c1. The summed E-state index contributed by atoms with van der Waals surface area (Å²) >= 11 is 0. The van der Waals surface area contributed by atoms with Gasteiger partial charge in [-0.25, -0.2) is 4.98 Å². The first-order valence-electron chi connectivity index (χ1n) is 5.97. The van der Waals surface area contributed by atoms with Crippen LogP contribution in [0.1, 0.15) is 21.7 Å². The van der Waals surface area contributed by atoms with E-state index in [0.717, 1.165) is 5.82 Å². The number of imidazole rings is 1. The van der Waals surface area contributed by atoms with Crippen molar-refractivity contribution < 1.29 is 4.79 Å². The number of benzene rings is 1. The van der Waals surface area contributed by atoms with E-state index in [2.05, 4.69) is 10.3 Å². The zero-order valence-electron chi connectivity index (χ0n) is 10.6. The Bertz CT molecular complexity index is 624. The summed E-state index contributed by atoms with van der Waals surface area (Å²) in [6, 6.07) is 8.66. The molecule has 1 N–H and O–H groups in total. The number of amides is 1. The van der Waals surface area contributed by atoms with Crippen molar-refractivity contribution in [1.29, 1.82) is 5.26 Å². The quantitative estimate of drug-likeness (QED) is 0.898. The van der Waals surface area contributed by atoms with E-state index in [4.69, 9.17) is 5.26 Å². The second-order valence-electron chi connectivity index (χ2n) is 4.12. The minimum atomic E-state index is -0.171. The number of carbonyl (C=O) groups excluding carboxylic acids is 1. The summed E-state index contributed by atoms with van der Waals surface area (Å²) in [6.07, 6.45) is 3.60. The van der Waals surface area contributed by atoms with Crippen LogP contribution >= 0.6 is 0 Å². The first-order chi connectivity index (χ1) is 9.20. The fourth-order valence-corrected chi connectivity index (χ4v) is 1.76. The number of hydrogen-bond acceptors (Lipinski definition) is 3. The molecule has 1 heterocycles. The Morgan fingerprint density at radius 3 is 3.05 bits per heavy atom. The van der Waals surface area contributed by atoms with Crippen LogP contribution in [0.4, 0.5) is 0 Å². The van der Waals surface area contributed by atoms with Crippen LogP contribution in [-0.2, 0) is 6.54 Å². The number of aryl methyl sites for hydroxylation is 1. The highest BCUT2D eigenvalue weighted by atomic mass is 16.1. The van der Waals surface area contributed by atoms with Crippen LogP contribution in [-0.4, -0.2) is 22.0 Å². The molecule has 0 saturated heterocycles. The van der Waals surface area contributed by atoms with Crippen molar-refractivity contribution in [2.24, 2.45) is 0 Å². The van der Waals surface area contributed by atoms with Crippen molar-refractivity contribution in [3.8, 4) is 6.07 Å². The first kappa shape index (κ1) is 12.8. The van der Waals surface area contributed by atoms with Gasteiger partial charge in [-0.05, 0) is 25.1 Å². The molecule has 2 rings (SSSR count). The number of carbonyl (C=O) groups is 1. The van der Waals surface area contributed by atoms with Gasteiger partial charge in [0, 0.05) is 31.0 Å². The Labute approximate surface area is 111 Å². The lowest BCUT2D eigenvalue weighted by Crippen LogP contribution is -2.27. The number of aromatic nitrogens is 2. The van der Waals surface area contributed by atoms with E-state index in [-0.39, 0.29) is 5.91 Å². The second kappa shape index (κ2) is 5.83. The minimum absolute atomic E-state index is 0.171. The van der Waals surface area contributed by atoms with Crippen LogP contribution in [0.25, 0.3) is 0 Å². The Kier molecular flexibility index (Phi) is 3.94. The molecule has 96 valence electrons. The fraction of sp³-hybridized carbons (Fsp3) is 0.214. The first-order valence-corrected chi connectivity index (χ1v) is 5.97. The summed E-state index contributed by atoms with van der Waals surface area (Å²) < 4.78 is 1.96. The molecule has 19 heavy (non-hydrogen) atoms. The Morgan fingerprint density at radius 2 is 2.37 bits per heavy atom. The fourth-order valence-electron chi connectivity index (χ4n) is 1.76. The molecule has 0 unspecified atom stereocenters. The van der Waals surface area contributed by atoms with Gasteiger partial charge in [0.25, 0.3) is 5.91 Å². The maximum Gasteiger partial charge on any atom is 0.251 e. The molecular formula is C14H14N4O. The lowest BCUT2D eigenvalue weighted by Gasteiger charge is -2.07. The molecule has 0 atom stereocenters. The van der Waals surface area contributed by atoms with Gasteiger partial charge >= 0.3 is 0 Å². The maximum atomic E-state index is 11.9. The van der Waals surface area contributed by atoms with E-state index in [1.54, 1.807) is 30.5 Å². The smallest absolute Gasteiger partial charge is 0.251 e. The second-order valence-corrected chi connectivity index (χ2v) is 4.12. The van der Waals surface area contributed by atoms with Gasteiger partial charge in [0.15, 0.2) is 0 Å². The van der Waals surface area contributed by atoms with Gasteiger partial charge in [0.05, 0.1) is 11.6 Å². The predicted molar refractivity (Wildman–Crippen MR) is 70.5 cm³/mol. The molecule has 0 spiro atoms. The third kappa shape index (κ3) is 3.19. The van der Waals surface area contributed by atoms with Gasteiger partial charge in [-0.1, -0.05) is 6.07 Å². The van der Waals surface area contributed by atoms with Crippen LogP contribution in [0.5, 0.6) is 0 Å². The summed E-state index contributed by atoms with van der Waals surface area (Å²) in [6.45, 7) is 3.11. The monoisotopic (exact) mass is 254 g/mol. The third-order valence-electron chi connectivity index (χ3n) is 2.82. The molecular weight excluding hydrogens is 240 g/mol. The summed E-state index contributed by atoms with van der Waals surface area (Å²) in [5, 5.41) is 11.6. The molecule has 0 saturated carbocycles. The largest absolute Gasteiger partial charge is 0.350 e. The molecule has 1 amide bonds. The summed E-state index contributed by atoms with van der Waals surface area (Å²) in [7, 11) is 0. The van der Waals surface area contributed by atoms with E-state index in [1.807, 2.05) is 23.8 Å². The molecule has 5 nitrogen and oxygen atoms in total. The van der Waals surface area contributed by atoms with Gasteiger partial charge in [0.2, 0.25) is 0 Å². The molecule has 0 bridgehead atoms. The van der Waals surface area contributed by atoms with Crippen LogP contribution < -0.4 is 5.32 Å². The summed E-state index contributed by atoms with van der Waals surface area (Å²) in [5.74, 6) is 0.746. The van der Waals surface area contributed by atoms with Gasteiger partial charge in [0.1, 0.15) is 5.82 Å². The standard InChI is InChI=1S/C14H14N4O/c1-11-16-5-7-18(11)8-6-17-14(19)13-4-2-3-12(9-13)10-15/h2-5,7,9H,6,8H2,1H3,(H,17,19). The molecule has 0 aliphatic rings. The van der Waals surface area contributed by atoms with E-state index < -0.39 is 0 Å².